The highest BCUT2D eigenvalue weighted by molar-refractivity contribution is 9.10. The van der Waals surface area contributed by atoms with Crippen LogP contribution >= 0.6 is 15.9 Å². The van der Waals surface area contributed by atoms with Crippen LogP contribution in [0.5, 0.6) is 0 Å². The van der Waals surface area contributed by atoms with Crippen LogP contribution in [0.4, 0.5) is 4.39 Å². The van der Waals surface area contributed by atoms with Gasteiger partial charge in [0.15, 0.2) is 0 Å². The molecule has 0 spiro atoms. The third kappa shape index (κ3) is 2.90. The number of amides is 1. The molecule has 1 aromatic rings. The van der Waals surface area contributed by atoms with Gasteiger partial charge in [0.2, 0.25) is 0 Å². The minimum absolute atomic E-state index is 0.103. The van der Waals surface area contributed by atoms with Crippen LogP contribution in [0.15, 0.2) is 22.7 Å². The number of likely N-dealkylation sites (N-methyl/N-ethyl adjacent to an activating group) is 1. The van der Waals surface area contributed by atoms with Gasteiger partial charge in [0.25, 0.3) is 5.91 Å². The van der Waals surface area contributed by atoms with Crippen molar-refractivity contribution in [3.63, 3.8) is 0 Å². The van der Waals surface area contributed by atoms with Crippen LogP contribution in [-0.2, 0) is 4.74 Å². The first-order valence-corrected chi connectivity index (χ1v) is 6.70. The highest BCUT2D eigenvalue weighted by Gasteiger charge is 2.22. The molecular weight excluding hydrogens is 301 g/mol. The van der Waals surface area contributed by atoms with E-state index >= 15 is 0 Å². The lowest BCUT2D eigenvalue weighted by Crippen LogP contribution is -2.34. The summed E-state index contributed by atoms with van der Waals surface area (Å²) < 4.78 is 19.1. The lowest BCUT2D eigenvalue weighted by molar-refractivity contribution is 0.0586. The second kappa shape index (κ2) is 5.80. The van der Waals surface area contributed by atoms with Crippen molar-refractivity contribution in [2.24, 2.45) is 0 Å². The highest BCUT2D eigenvalue weighted by Crippen LogP contribution is 2.22. The number of nitrogens with zero attached hydrogens (tertiary/aromatic N) is 1. The first-order valence-electron chi connectivity index (χ1n) is 5.90. The van der Waals surface area contributed by atoms with Crippen LogP contribution in [0.1, 0.15) is 23.2 Å². The van der Waals surface area contributed by atoms with Gasteiger partial charge >= 0.3 is 0 Å². The molecule has 2 rings (SSSR count). The number of hydrogen-bond acceptors (Lipinski definition) is 2. The number of ether oxygens (including phenoxy) is 1. The Morgan fingerprint density at radius 3 is 3.06 bits per heavy atom. The fraction of sp³-hybridized carbons (Fsp3) is 0.462. The molecule has 1 amide bonds. The normalized spacial score (nSPS) is 18.9. The Morgan fingerprint density at radius 1 is 1.61 bits per heavy atom. The number of halogens is 2. The van der Waals surface area contributed by atoms with Gasteiger partial charge in [-0.1, -0.05) is 6.07 Å². The Bertz CT molecular complexity index is 447. The summed E-state index contributed by atoms with van der Waals surface area (Å²) >= 11 is 3.11. The largest absolute Gasteiger partial charge is 0.376 e. The Labute approximate surface area is 114 Å². The number of carbonyl (C=O) groups is 1. The lowest BCUT2D eigenvalue weighted by atomic mass is 10.1. The van der Waals surface area contributed by atoms with Gasteiger partial charge in [-0.25, -0.2) is 4.39 Å². The van der Waals surface area contributed by atoms with Gasteiger partial charge in [0, 0.05) is 20.2 Å². The molecule has 0 saturated carbocycles. The minimum atomic E-state index is -0.425. The predicted octanol–water partition coefficient (Wildman–Crippen LogP) is 2.84. The van der Waals surface area contributed by atoms with Crippen molar-refractivity contribution in [2.75, 3.05) is 20.2 Å². The second-order valence-electron chi connectivity index (χ2n) is 4.42. The predicted molar refractivity (Wildman–Crippen MR) is 70.0 cm³/mol. The molecule has 1 aromatic carbocycles. The fourth-order valence-corrected chi connectivity index (χ4v) is 2.49. The zero-order valence-electron chi connectivity index (χ0n) is 10.2. The first kappa shape index (κ1) is 13.5. The van der Waals surface area contributed by atoms with Crippen molar-refractivity contribution in [3.05, 3.63) is 34.1 Å². The summed E-state index contributed by atoms with van der Waals surface area (Å²) in [5.74, 6) is -0.622. The van der Waals surface area contributed by atoms with E-state index in [1.807, 2.05) is 0 Å². The number of benzene rings is 1. The maximum Gasteiger partial charge on any atom is 0.254 e. The summed E-state index contributed by atoms with van der Waals surface area (Å²) in [6, 6.07) is 4.47. The molecular formula is C13H15BrFNO2. The monoisotopic (exact) mass is 315 g/mol. The third-order valence-corrected chi connectivity index (χ3v) is 3.84. The topological polar surface area (TPSA) is 29.5 Å². The van der Waals surface area contributed by atoms with E-state index in [0.717, 1.165) is 19.4 Å². The second-order valence-corrected chi connectivity index (χ2v) is 5.22. The molecule has 1 aliphatic rings. The molecule has 0 aromatic heterocycles. The Hall–Kier alpha value is -0.940. The average molecular weight is 316 g/mol. The van der Waals surface area contributed by atoms with Crippen LogP contribution in [0.2, 0.25) is 0 Å². The van der Waals surface area contributed by atoms with E-state index in [1.54, 1.807) is 18.0 Å². The molecule has 1 fully saturated rings. The molecule has 3 nitrogen and oxygen atoms in total. The molecule has 5 heteroatoms. The molecule has 0 radical (unpaired) electrons. The minimum Gasteiger partial charge on any atom is -0.376 e. The van der Waals surface area contributed by atoms with Gasteiger partial charge in [-0.2, -0.15) is 0 Å². The summed E-state index contributed by atoms with van der Waals surface area (Å²) in [7, 11) is 1.71. The van der Waals surface area contributed by atoms with Crippen molar-refractivity contribution >= 4 is 21.8 Å². The molecule has 0 bridgehead atoms. The summed E-state index contributed by atoms with van der Waals surface area (Å²) in [6.07, 6.45) is 2.12. The van der Waals surface area contributed by atoms with Gasteiger partial charge in [0.1, 0.15) is 5.82 Å². The molecule has 1 aliphatic heterocycles. The SMILES string of the molecule is CN(CC1CCCO1)C(=O)c1cccc(F)c1Br. The molecule has 0 N–H and O–H groups in total. The Kier molecular flexibility index (Phi) is 4.35. The van der Waals surface area contributed by atoms with Crippen molar-refractivity contribution in [1.29, 1.82) is 0 Å². The van der Waals surface area contributed by atoms with Crippen LogP contribution in [0.25, 0.3) is 0 Å². The zero-order chi connectivity index (χ0) is 13.1. The smallest absolute Gasteiger partial charge is 0.254 e. The van der Waals surface area contributed by atoms with E-state index in [2.05, 4.69) is 15.9 Å². The van der Waals surface area contributed by atoms with E-state index < -0.39 is 5.82 Å². The Balaban J connectivity index is 2.07. The van der Waals surface area contributed by atoms with Crippen LogP contribution in [0, 0.1) is 5.82 Å². The van der Waals surface area contributed by atoms with Crippen molar-refractivity contribution in [3.8, 4) is 0 Å². The summed E-state index contributed by atoms with van der Waals surface area (Å²) in [5, 5.41) is 0. The van der Waals surface area contributed by atoms with Crippen LogP contribution in [0.3, 0.4) is 0 Å². The molecule has 18 heavy (non-hydrogen) atoms. The van der Waals surface area contributed by atoms with Crippen molar-refractivity contribution in [2.45, 2.75) is 18.9 Å². The summed E-state index contributed by atoms with van der Waals surface area (Å²) in [4.78, 5) is 13.8. The van der Waals surface area contributed by atoms with Gasteiger partial charge in [-0.05, 0) is 40.9 Å². The summed E-state index contributed by atoms with van der Waals surface area (Å²) in [5.41, 5.74) is 0.343. The third-order valence-electron chi connectivity index (χ3n) is 3.03. The van der Waals surface area contributed by atoms with E-state index in [4.69, 9.17) is 4.74 Å². The van der Waals surface area contributed by atoms with Crippen molar-refractivity contribution < 1.29 is 13.9 Å². The van der Waals surface area contributed by atoms with Gasteiger partial charge < -0.3 is 9.64 Å². The molecule has 0 aliphatic carbocycles. The highest BCUT2D eigenvalue weighted by atomic mass is 79.9. The van der Waals surface area contributed by atoms with Gasteiger partial charge in [-0.15, -0.1) is 0 Å². The lowest BCUT2D eigenvalue weighted by Gasteiger charge is -2.21. The summed E-state index contributed by atoms with van der Waals surface area (Å²) in [6.45, 7) is 1.30. The molecule has 1 unspecified atom stereocenters. The van der Waals surface area contributed by atoms with E-state index in [-0.39, 0.29) is 16.5 Å². The number of carbonyl (C=O) groups excluding carboxylic acids is 1. The van der Waals surface area contributed by atoms with Crippen LogP contribution in [-0.4, -0.2) is 37.1 Å². The average Bonchev–Trinajstić information content (AvgIpc) is 2.84. The Morgan fingerprint density at radius 2 is 2.39 bits per heavy atom. The van der Waals surface area contributed by atoms with E-state index in [1.165, 1.54) is 12.1 Å². The molecule has 1 saturated heterocycles. The zero-order valence-corrected chi connectivity index (χ0v) is 11.7. The standard InChI is InChI=1S/C13H15BrFNO2/c1-16(8-9-4-3-7-18-9)13(17)10-5-2-6-11(15)12(10)14/h2,5-6,9H,3-4,7-8H2,1H3. The van der Waals surface area contributed by atoms with Crippen LogP contribution < -0.4 is 0 Å². The quantitative estimate of drug-likeness (QED) is 0.858. The van der Waals surface area contributed by atoms with Crippen molar-refractivity contribution in [1.82, 2.24) is 4.90 Å². The number of hydrogen-bond donors (Lipinski definition) is 0. The fourth-order valence-electron chi connectivity index (χ4n) is 2.05. The van der Waals surface area contributed by atoms with Gasteiger partial charge in [0.05, 0.1) is 16.1 Å². The van der Waals surface area contributed by atoms with Gasteiger partial charge in [-0.3, -0.25) is 4.79 Å². The first-order chi connectivity index (χ1) is 8.59. The van der Waals surface area contributed by atoms with E-state index in [0.29, 0.717) is 12.1 Å². The molecule has 1 atom stereocenters. The number of rotatable bonds is 3. The molecule has 1 heterocycles. The van der Waals surface area contributed by atoms with E-state index in [9.17, 15) is 9.18 Å². The maximum absolute atomic E-state index is 13.4. The molecule has 98 valence electrons. The maximum atomic E-state index is 13.4.